The van der Waals surface area contributed by atoms with Gasteiger partial charge in [0.05, 0.1) is 18.0 Å². The number of H-pyrrole nitrogens is 2. The Morgan fingerprint density at radius 1 is 1.03 bits per heavy atom. The number of aryl methyl sites for hydroxylation is 1. The minimum atomic E-state index is -0.371. The summed E-state index contributed by atoms with van der Waals surface area (Å²) in [5, 5.41) is 9.41. The first kappa shape index (κ1) is 22.1. The number of halogens is 1. The van der Waals surface area contributed by atoms with Crippen molar-refractivity contribution in [1.82, 2.24) is 15.2 Å². The summed E-state index contributed by atoms with van der Waals surface area (Å²) in [5.74, 6) is -0.371. The quantitative estimate of drug-likeness (QED) is 0.216. The molecule has 0 amide bonds. The minimum Gasteiger partial charge on any atom is -0.472 e. The van der Waals surface area contributed by atoms with Crippen LogP contribution in [0.25, 0.3) is 44.1 Å². The number of nitrogens with one attached hydrogen (secondary N) is 2. The van der Waals surface area contributed by atoms with Crippen LogP contribution in [0, 0.1) is 12.7 Å². The van der Waals surface area contributed by atoms with Crippen LogP contribution in [0.3, 0.4) is 0 Å². The van der Waals surface area contributed by atoms with E-state index in [2.05, 4.69) is 21.2 Å². The average Bonchev–Trinajstić information content (AvgIpc) is 3.63. The first-order chi connectivity index (χ1) is 17.5. The smallest absolute Gasteiger partial charge is 0.137 e. The molecule has 3 aromatic heterocycles. The van der Waals surface area contributed by atoms with Crippen molar-refractivity contribution >= 4 is 27.5 Å². The first-order valence-electron chi connectivity index (χ1n) is 11.9. The molecule has 0 bridgehead atoms. The maximum Gasteiger partial charge on any atom is 0.137 e. The lowest BCUT2D eigenvalue weighted by molar-refractivity contribution is 0.566. The number of hydrogen-bond donors (Lipinski definition) is 4. The molecule has 3 heterocycles. The topological polar surface area (TPSA) is 110 Å². The number of benzene rings is 3. The lowest BCUT2D eigenvalue weighted by Gasteiger charge is -2.19. The fourth-order valence-corrected chi connectivity index (χ4v) is 5.06. The van der Waals surface area contributed by atoms with Crippen molar-refractivity contribution in [2.24, 2.45) is 5.73 Å². The summed E-state index contributed by atoms with van der Waals surface area (Å²) in [6, 6.07) is 17.2. The Morgan fingerprint density at radius 3 is 2.72 bits per heavy atom. The molecule has 3 aromatic carbocycles. The highest BCUT2D eigenvalue weighted by Gasteiger charge is 2.22. The summed E-state index contributed by atoms with van der Waals surface area (Å²) in [6.07, 6.45) is 5.97. The summed E-state index contributed by atoms with van der Waals surface area (Å²) < 4.78 is 21.6. The van der Waals surface area contributed by atoms with E-state index in [1.54, 1.807) is 18.6 Å². The van der Waals surface area contributed by atoms with Gasteiger partial charge in [-0.25, -0.2) is 4.39 Å². The zero-order chi connectivity index (χ0) is 24.8. The van der Waals surface area contributed by atoms with Gasteiger partial charge < -0.3 is 20.9 Å². The van der Waals surface area contributed by atoms with Crippen LogP contribution in [0.1, 0.15) is 16.8 Å². The minimum absolute atomic E-state index is 0.308. The summed E-state index contributed by atoms with van der Waals surface area (Å²) in [5.41, 5.74) is 20.4. The second-order valence-electron chi connectivity index (χ2n) is 9.30. The number of aromatic amines is 2. The van der Waals surface area contributed by atoms with Gasteiger partial charge in [0.2, 0.25) is 0 Å². The van der Waals surface area contributed by atoms with E-state index >= 15 is 4.39 Å². The zero-order valence-corrected chi connectivity index (χ0v) is 19.8. The molecule has 6 nitrogen and oxygen atoms in total. The molecular formula is C29H26FN5O. The van der Waals surface area contributed by atoms with Gasteiger partial charge in [-0.3, -0.25) is 5.10 Å². The van der Waals surface area contributed by atoms with Gasteiger partial charge in [0, 0.05) is 56.6 Å². The predicted octanol–water partition coefficient (Wildman–Crippen LogP) is 6.11. The molecule has 0 spiro atoms. The van der Waals surface area contributed by atoms with E-state index in [0.29, 0.717) is 40.8 Å². The maximum absolute atomic E-state index is 16.3. The number of anilines is 1. The number of fused-ring (bicyclic) bond motifs is 2. The van der Waals surface area contributed by atoms with E-state index < -0.39 is 0 Å². The van der Waals surface area contributed by atoms with E-state index in [1.165, 1.54) is 0 Å². The third kappa shape index (κ3) is 3.74. The average molecular weight is 480 g/mol. The van der Waals surface area contributed by atoms with Crippen LogP contribution in [0.2, 0.25) is 0 Å². The highest BCUT2D eigenvalue weighted by atomic mass is 19.1. The molecule has 6 N–H and O–H groups in total. The lowest BCUT2D eigenvalue weighted by atomic mass is 9.89. The van der Waals surface area contributed by atoms with E-state index in [-0.39, 0.29) is 11.9 Å². The zero-order valence-electron chi connectivity index (χ0n) is 19.8. The van der Waals surface area contributed by atoms with Crippen molar-refractivity contribution < 1.29 is 8.81 Å². The van der Waals surface area contributed by atoms with Crippen molar-refractivity contribution in [3.05, 3.63) is 96.0 Å². The van der Waals surface area contributed by atoms with Crippen LogP contribution in [0.5, 0.6) is 0 Å². The van der Waals surface area contributed by atoms with Gasteiger partial charge in [0.25, 0.3) is 0 Å². The number of furan rings is 1. The van der Waals surface area contributed by atoms with Gasteiger partial charge in [-0.05, 0) is 66.8 Å². The predicted molar refractivity (Wildman–Crippen MR) is 142 cm³/mol. The Balaban J connectivity index is 1.41. The number of hydrogen-bond acceptors (Lipinski definition) is 4. The Morgan fingerprint density at radius 2 is 1.89 bits per heavy atom. The standard InChI is InChI=1S/C29H26FN5O/c1-16-22-11-17(6-7-27(22)35-34-16)23-13-25(32)24(29(30)28(23)18-8-9-36-15-18)12-20(31)10-19-14-33-26-5-3-2-4-21(19)26/h2-9,11,13-15,20,33H,10,12,31-32H2,1H3,(H,34,35)/t20-/m1/s1. The first-order valence-corrected chi connectivity index (χ1v) is 11.9. The molecule has 6 aromatic rings. The lowest BCUT2D eigenvalue weighted by Crippen LogP contribution is -2.26. The number of rotatable bonds is 6. The van der Waals surface area contributed by atoms with Crippen molar-refractivity contribution in [1.29, 1.82) is 0 Å². The largest absolute Gasteiger partial charge is 0.472 e. The molecule has 6 rings (SSSR count). The fraction of sp³-hybridized carbons (Fsp3) is 0.138. The van der Waals surface area contributed by atoms with Gasteiger partial charge in [-0.1, -0.05) is 24.3 Å². The highest BCUT2D eigenvalue weighted by molar-refractivity contribution is 5.92. The molecule has 0 radical (unpaired) electrons. The van der Waals surface area contributed by atoms with E-state index in [4.69, 9.17) is 15.9 Å². The molecule has 1 atom stereocenters. The normalized spacial score (nSPS) is 12.5. The molecule has 0 saturated carbocycles. The van der Waals surface area contributed by atoms with E-state index in [9.17, 15) is 0 Å². The molecule has 180 valence electrons. The van der Waals surface area contributed by atoms with Crippen LogP contribution in [-0.2, 0) is 12.8 Å². The van der Waals surface area contributed by atoms with Crippen LogP contribution in [0.4, 0.5) is 10.1 Å². The van der Waals surface area contributed by atoms with Gasteiger partial charge in [0.1, 0.15) is 5.82 Å². The van der Waals surface area contributed by atoms with E-state index in [1.807, 2.05) is 55.6 Å². The van der Waals surface area contributed by atoms with E-state index in [0.717, 1.165) is 38.6 Å². The molecule has 0 saturated heterocycles. The van der Waals surface area contributed by atoms with Gasteiger partial charge in [-0.2, -0.15) is 5.10 Å². The molecule has 0 fully saturated rings. The Labute approximate surface area is 207 Å². The number of nitrogens with zero attached hydrogens (tertiary/aromatic N) is 1. The Hall–Kier alpha value is -4.36. The van der Waals surface area contributed by atoms with Gasteiger partial charge in [-0.15, -0.1) is 0 Å². The molecule has 36 heavy (non-hydrogen) atoms. The Bertz CT molecular complexity index is 1700. The third-order valence-corrected chi connectivity index (χ3v) is 6.89. The van der Waals surface area contributed by atoms with Crippen LogP contribution in [-0.4, -0.2) is 21.2 Å². The van der Waals surface area contributed by atoms with Crippen molar-refractivity contribution in [2.75, 3.05) is 5.73 Å². The number of para-hydroxylation sites is 1. The maximum atomic E-state index is 16.3. The molecule has 0 aliphatic heterocycles. The second kappa shape index (κ2) is 8.70. The molecule has 0 aliphatic rings. The SMILES string of the molecule is Cc1[nH]nc2ccc(-c3cc(N)c(C[C@H](N)Cc4c[nH]c5ccccc45)c(F)c3-c3ccoc3)cc12. The van der Waals surface area contributed by atoms with Crippen LogP contribution in [0.15, 0.2) is 77.7 Å². The van der Waals surface area contributed by atoms with Crippen LogP contribution >= 0.6 is 0 Å². The summed E-state index contributed by atoms with van der Waals surface area (Å²) in [7, 11) is 0. The molecule has 0 aliphatic carbocycles. The molecular weight excluding hydrogens is 453 g/mol. The van der Waals surface area contributed by atoms with Crippen molar-refractivity contribution in [3.63, 3.8) is 0 Å². The third-order valence-electron chi connectivity index (χ3n) is 6.89. The van der Waals surface area contributed by atoms with Crippen molar-refractivity contribution in [2.45, 2.75) is 25.8 Å². The van der Waals surface area contributed by atoms with Gasteiger partial charge >= 0.3 is 0 Å². The second-order valence-corrected chi connectivity index (χ2v) is 9.30. The summed E-state index contributed by atoms with van der Waals surface area (Å²) in [6.45, 7) is 1.96. The number of nitrogen functional groups attached to an aromatic ring is 1. The number of nitrogens with two attached hydrogens (primary N) is 2. The summed E-state index contributed by atoms with van der Waals surface area (Å²) >= 11 is 0. The molecule has 7 heteroatoms. The summed E-state index contributed by atoms with van der Waals surface area (Å²) in [4.78, 5) is 3.28. The van der Waals surface area contributed by atoms with Crippen LogP contribution < -0.4 is 11.5 Å². The molecule has 0 unspecified atom stereocenters. The van der Waals surface area contributed by atoms with Crippen molar-refractivity contribution in [3.8, 4) is 22.3 Å². The van der Waals surface area contributed by atoms with Gasteiger partial charge in [0.15, 0.2) is 0 Å². The number of aromatic nitrogens is 3. The highest BCUT2D eigenvalue weighted by Crippen LogP contribution is 2.40. The monoisotopic (exact) mass is 479 g/mol. The fourth-order valence-electron chi connectivity index (χ4n) is 5.06. The Kier molecular flexibility index (Phi) is 5.34.